The van der Waals surface area contributed by atoms with Gasteiger partial charge in [-0.25, -0.2) is 13.2 Å². The summed E-state index contributed by atoms with van der Waals surface area (Å²) in [5, 5.41) is 15.8. The van der Waals surface area contributed by atoms with Gasteiger partial charge >= 0.3 is 5.97 Å². The van der Waals surface area contributed by atoms with Crippen LogP contribution in [0.3, 0.4) is 0 Å². The van der Waals surface area contributed by atoms with Crippen LogP contribution in [-0.2, 0) is 14.8 Å². The van der Waals surface area contributed by atoms with Crippen LogP contribution in [0.25, 0.3) is 6.08 Å². The van der Waals surface area contributed by atoms with Crippen LogP contribution < -0.4 is 4.72 Å². The van der Waals surface area contributed by atoms with Gasteiger partial charge in [-0.2, -0.15) is 5.10 Å². The van der Waals surface area contributed by atoms with Gasteiger partial charge in [-0.15, -0.1) is 5.10 Å². The number of aromatic nitrogens is 2. The van der Waals surface area contributed by atoms with Gasteiger partial charge in [0.2, 0.25) is 0 Å². The van der Waals surface area contributed by atoms with Crippen molar-refractivity contribution in [2.75, 3.05) is 4.72 Å². The maximum absolute atomic E-state index is 12.2. The molecule has 2 rings (SSSR count). The summed E-state index contributed by atoms with van der Waals surface area (Å²) in [7, 11) is -3.81. The van der Waals surface area contributed by atoms with E-state index in [1.165, 1.54) is 36.5 Å². The monoisotopic (exact) mass is 305 g/mol. The van der Waals surface area contributed by atoms with Crippen molar-refractivity contribution in [3.63, 3.8) is 0 Å². The van der Waals surface area contributed by atoms with Crippen molar-refractivity contribution in [2.45, 2.75) is 4.90 Å². The zero-order valence-corrected chi connectivity index (χ0v) is 11.5. The third-order valence-electron chi connectivity index (χ3n) is 2.40. The SMILES string of the molecule is O=C(O)/C=C/c1cccc(S(=O)(=O)Nc2cccnn2)c1. The number of benzene rings is 1. The molecule has 0 spiro atoms. The molecule has 0 saturated carbocycles. The maximum atomic E-state index is 12.2. The average Bonchev–Trinajstić information content (AvgIpc) is 2.46. The molecule has 1 aromatic carbocycles. The molecule has 8 heteroatoms. The number of anilines is 1. The Morgan fingerprint density at radius 3 is 2.71 bits per heavy atom. The largest absolute Gasteiger partial charge is 0.478 e. The summed E-state index contributed by atoms with van der Waals surface area (Å²) in [5.41, 5.74) is 0.458. The summed E-state index contributed by atoms with van der Waals surface area (Å²) >= 11 is 0. The minimum Gasteiger partial charge on any atom is -0.478 e. The van der Waals surface area contributed by atoms with E-state index in [2.05, 4.69) is 14.9 Å². The lowest BCUT2D eigenvalue weighted by molar-refractivity contribution is -0.131. The van der Waals surface area contributed by atoms with E-state index in [1.807, 2.05) is 0 Å². The number of carboxylic acid groups (broad SMARTS) is 1. The van der Waals surface area contributed by atoms with Gasteiger partial charge in [-0.3, -0.25) is 4.72 Å². The van der Waals surface area contributed by atoms with Gasteiger partial charge in [0, 0.05) is 12.3 Å². The van der Waals surface area contributed by atoms with E-state index in [0.717, 1.165) is 6.08 Å². The summed E-state index contributed by atoms with van der Waals surface area (Å²) in [6.07, 6.45) is 3.67. The van der Waals surface area contributed by atoms with Crippen LogP contribution in [0.2, 0.25) is 0 Å². The van der Waals surface area contributed by atoms with Crippen LogP contribution in [-0.4, -0.2) is 29.7 Å². The van der Waals surface area contributed by atoms with Gasteiger partial charge in [0.25, 0.3) is 10.0 Å². The number of aliphatic carboxylic acids is 1. The lowest BCUT2D eigenvalue weighted by atomic mass is 10.2. The van der Waals surface area contributed by atoms with E-state index in [1.54, 1.807) is 12.1 Å². The number of carbonyl (C=O) groups is 1. The zero-order valence-electron chi connectivity index (χ0n) is 10.7. The molecule has 0 unspecified atom stereocenters. The summed E-state index contributed by atoms with van der Waals surface area (Å²) in [5.74, 6) is -1.01. The van der Waals surface area contributed by atoms with Gasteiger partial charge < -0.3 is 5.11 Å². The molecule has 0 aliphatic carbocycles. The first-order valence-electron chi connectivity index (χ1n) is 5.79. The molecule has 0 amide bonds. The second-order valence-corrected chi connectivity index (χ2v) is 5.64. The standard InChI is InChI=1S/C13H11N3O4S/c17-13(18)7-6-10-3-1-4-11(9-10)21(19,20)16-12-5-2-8-14-15-12/h1-9H,(H,15,16)(H,17,18)/b7-6+. The third kappa shape index (κ3) is 4.11. The van der Waals surface area contributed by atoms with Crippen molar-refractivity contribution in [1.82, 2.24) is 10.2 Å². The molecule has 1 heterocycles. The van der Waals surface area contributed by atoms with E-state index < -0.39 is 16.0 Å². The molecule has 7 nitrogen and oxygen atoms in total. The van der Waals surface area contributed by atoms with Crippen molar-refractivity contribution >= 4 is 27.9 Å². The zero-order chi connectivity index (χ0) is 15.3. The molecule has 21 heavy (non-hydrogen) atoms. The first-order valence-corrected chi connectivity index (χ1v) is 7.27. The number of sulfonamides is 1. The first kappa shape index (κ1) is 14.7. The summed E-state index contributed by atoms with van der Waals surface area (Å²) in [6.45, 7) is 0. The highest BCUT2D eigenvalue weighted by atomic mass is 32.2. The lowest BCUT2D eigenvalue weighted by Gasteiger charge is -2.07. The number of carboxylic acids is 1. The second-order valence-electron chi connectivity index (χ2n) is 3.96. The summed E-state index contributed by atoms with van der Waals surface area (Å²) < 4.78 is 26.6. The van der Waals surface area contributed by atoms with Crippen molar-refractivity contribution in [1.29, 1.82) is 0 Å². The van der Waals surface area contributed by atoms with Crippen molar-refractivity contribution in [3.05, 3.63) is 54.2 Å². The average molecular weight is 305 g/mol. The molecule has 0 fully saturated rings. The van der Waals surface area contributed by atoms with E-state index in [4.69, 9.17) is 5.11 Å². The number of nitrogens with zero attached hydrogens (tertiary/aromatic N) is 2. The topological polar surface area (TPSA) is 109 Å². The minimum absolute atomic E-state index is 0.000641. The fourth-order valence-electron chi connectivity index (χ4n) is 1.51. The molecule has 0 aliphatic heterocycles. The predicted molar refractivity (Wildman–Crippen MR) is 76.0 cm³/mol. The van der Waals surface area contributed by atoms with Gasteiger partial charge in [0.05, 0.1) is 4.90 Å². The van der Waals surface area contributed by atoms with Crippen LogP contribution in [0.5, 0.6) is 0 Å². The highest BCUT2D eigenvalue weighted by molar-refractivity contribution is 7.92. The lowest BCUT2D eigenvalue weighted by Crippen LogP contribution is -2.14. The predicted octanol–water partition coefficient (Wildman–Crippen LogP) is 1.38. The number of nitrogens with one attached hydrogen (secondary N) is 1. The van der Waals surface area contributed by atoms with Gasteiger partial charge in [-0.05, 0) is 35.9 Å². The number of hydrogen-bond acceptors (Lipinski definition) is 5. The van der Waals surface area contributed by atoms with Crippen LogP contribution in [0.15, 0.2) is 53.6 Å². The fourth-order valence-corrected chi connectivity index (χ4v) is 2.56. The van der Waals surface area contributed by atoms with Gasteiger partial charge in [0.15, 0.2) is 5.82 Å². The van der Waals surface area contributed by atoms with E-state index in [0.29, 0.717) is 5.56 Å². The molecule has 0 radical (unpaired) electrons. The Kier molecular flexibility index (Phi) is 4.29. The Morgan fingerprint density at radius 1 is 1.24 bits per heavy atom. The molecule has 0 atom stereocenters. The highest BCUT2D eigenvalue weighted by Crippen LogP contribution is 2.16. The molecule has 1 aromatic heterocycles. The van der Waals surface area contributed by atoms with Crippen LogP contribution in [0, 0.1) is 0 Å². The quantitative estimate of drug-likeness (QED) is 0.808. The number of hydrogen-bond donors (Lipinski definition) is 2. The van der Waals surface area contributed by atoms with Crippen molar-refractivity contribution < 1.29 is 18.3 Å². The fraction of sp³-hybridized carbons (Fsp3) is 0. The van der Waals surface area contributed by atoms with Crippen molar-refractivity contribution in [2.24, 2.45) is 0 Å². The Morgan fingerprint density at radius 2 is 2.05 bits per heavy atom. The third-order valence-corrected chi connectivity index (χ3v) is 3.75. The highest BCUT2D eigenvalue weighted by Gasteiger charge is 2.14. The Labute approximate surface area is 121 Å². The molecule has 0 aliphatic rings. The van der Waals surface area contributed by atoms with E-state index >= 15 is 0 Å². The smallest absolute Gasteiger partial charge is 0.328 e. The van der Waals surface area contributed by atoms with Gasteiger partial charge in [0.1, 0.15) is 0 Å². The molecule has 0 bridgehead atoms. The van der Waals surface area contributed by atoms with Crippen LogP contribution in [0.1, 0.15) is 5.56 Å². The molecule has 0 saturated heterocycles. The van der Waals surface area contributed by atoms with Gasteiger partial charge in [-0.1, -0.05) is 12.1 Å². The molecule has 2 aromatic rings. The molecule has 108 valence electrons. The first-order chi connectivity index (χ1) is 9.97. The molecular formula is C13H11N3O4S. The molecular weight excluding hydrogens is 294 g/mol. The van der Waals surface area contributed by atoms with Crippen molar-refractivity contribution in [3.8, 4) is 0 Å². The maximum Gasteiger partial charge on any atom is 0.328 e. The summed E-state index contributed by atoms with van der Waals surface area (Å²) in [6, 6.07) is 8.90. The Balaban J connectivity index is 2.28. The normalized spacial score (nSPS) is 11.4. The Bertz CT molecular complexity index is 773. The second kappa shape index (κ2) is 6.14. The molecule has 2 N–H and O–H groups in total. The summed E-state index contributed by atoms with van der Waals surface area (Å²) in [4.78, 5) is 10.5. The van der Waals surface area contributed by atoms with Crippen LogP contribution in [0.4, 0.5) is 5.82 Å². The van der Waals surface area contributed by atoms with Crippen LogP contribution >= 0.6 is 0 Å². The minimum atomic E-state index is -3.81. The van der Waals surface area contributed by atoms with E-state index in [-0.39, 0.29) is 10.7 Å². The number of rotatable bonds is 5. The Hall–Kier alpha value is -2.74. The van der Waals surface area contributed by atoms with E-state index in [9.17, 15) is 13.2 Å².